The number of hydrogen-bond acceptors (Lipinski definition) is 0. The minimum absolute atomic E-state index is 0.204. The summed E-state index contributed by atoms with van der Waals surface area (Å²) in [7, 11) is 0. The molecule has 1 aromatic rings. The lowest BCUT2D eigenvalue weighted by atomic mass is 9.98. The Kier molecular flexibility index (Phi) is 4.09. The van der Waals surface area contributed by atoms with Crippen LogP contribution in [0.4, 0.5) is 26.3 Å². The quantitative estimate of drug-likeness (QED) is 0.531. The Morgan fingerprint density at radius 3 is 1.78 bits per heavy atom. The summed E-state index contributed by atoms with van der Waals surface area (Å²) >= 11 is 0. The molecule has 0 fully saturated rings. The number of alkyl halides is 6. The van der Waals surface area contributed by atoms with E-state index in [1.54, 1.807) is 18.2 Å². The second kappa shape index (κ2) is 5.04. The third-order valence-corrected chi connectivity index (χ3v) is 2.35. The van der Waals surface area contributed by atoms with Crippen LogP contribution in [0.15, 0.2) is 42.0 Å². The summed E-state index contributed by atoms with van der Waals surface area (Å²) in [6.45, 7) is 1.28. The van der Waals surface area contributed by atoms with Crippen LogP contribution in [0.2, 0.25) is 0 Å². The summed E-state index contributed by atoms with van der Waals surface area (Å²) in [5, 5.41) is 0. The largest absolute Gasteiger partial charge is 0.421 e. The highest BCUT2D eigenvalue weighted by molar-refractivity contribution is 5.27. The molecule has 0 N–H and O–H groups in total. The van der Waals surface area contributed by atoms with Crippen LogP contribution in [-0.2, 0) is 0 Å². The van der Waals surface area contributed by atoms with E-state index in [4.69, 9.17) is 0 Å². The lowest BCUT2D eigenvalue weighted by molar-refractivity contribution is -0.172. The summed E-state index contributed by atoms with van der Waals surface area (Å²) in [4.78, 5) is 0. The Morgan fingerprint density at radius 1 is 0.944 bits per heavy atom. The van der Waals surface area contributed by atoms with E-state index in [-0.39, 0.29) is 6.08 Å². The molecule has 0 aliphatic rings. The molecule has 0 aliphatic carbocycles. The number of hydrogen-bond donors (Lipinski definition) is 0. The minimum atomic E-state index is -5.40. The van der Waals surface area contributed by atoms with Gasteiger partial charge in [-0.15, -0.1) is 0 Å². The number of rotatable bonds is 2. The van der Waals surface area contributed by atoms with E-state index in [0.29, 0.717) is 5.56 Å². The zero-order valence-corrected chi connectivity index (χ0v) is 9.31. The average molecular weight is 268 g/mol. The lowest BCUT2D eigenvalue weighted by Gasteiger charge is -2.17. The molecule has 0 aromatic heterocycles. The molecule has 1 atom stereocenters. The maximum atomic E-state index is 12.3. The van der Waals surface area contributed by atoms with Crippen molar-refractivity contribution in [2.24, 2.45) is 0 Å². The molecule has 0 amide bonds. The first-order valence-electron chi connectivity index (χ1n) is 5.03. The summed E-state index contributed by atoms with van der Waals surface area (Å²) in [6.07, 6.45) is -10.6. The number of benzene rings is 1. The fourth-order valence-electron chi connectivity index (χ4n) is 1.45. The van der Waals surface area contributed by atoms with Gasteiger partial charge in [-0.1, -0.05) is 43.3 Å². The van der Waals surface area contributed by atoms with Gasteiger partial charge >= 0.3 is 12.4 Å². The van der Waals surface area contributed by atoms with Gasteiger partial charge in [0, 0.05) is 0 Å². The van der Waals surface area contributed by atoms with E-state index in [1.165, 1.54) is 19.1 Å². The smallest absolute Gasteiger partial charge is 0.166 e. The van der Waals surface area contributed by atoms with Crippen molar-refractivity contribution < 1.29 is 26.3 Å². The summed E-state index contributed by atoms with van der Waals surface area (Å²) in [5.41, 5.74) is -2.07. The second-order valence-electron chi connectivity index (χ2n) is 3.78. The van der Waals surface area contributed by atoms with Crippen LogP contribution >= 0.6 is 0 Å². The van der Waals surface area contributed by atoms with Crippen molar-refractivity contribution in [3.8, 4) is 0 Å². The monoisotopic (exact) mass is 268 g/mol. The molecule has 18 heavy (non-hydrogen) atoms. The molecule has 0 aliphatic heterocycles. The maximum Gasteiger partial charge on any atom is 0.421 e. The van der Waals surface area contributed by atoms with Crippen LogP contribution in [0.25, 0.3) is 0 Å². The molecule has 0 spiro atoms. The van der Waals surface area contributed by atoms with Gasteiger partial charge in [0.2, 0.25) is 0 Å². The van der Waals surface area contributed by atoms with Crippen LogP contribution in [-0.4, -0.2) is 12.4 Å². The number of allylic oxidation sites excluding steroid dienone is 2. The zero-order valence-electron chi connectivity index (χ0n) is 9.31. The summed E-state index contributed by atoms with van der Waals surface area (Å²) < 4.78 is 73.8. The summed E-state index contributed by atoms with van der Waals surface area (Å²) in [5.74, 6) is -0.968. The van der Waals surface area contributed by atoms with Crippen LogP contribution in [0, 0.1) is 0 Å². The first-order chi connectivity index (χ1) is 8.12. The molecule has 0 radical (unpaired) electrons. The first-order valence-corrected chi connectivity index (χ1v) is 5.03. The van der Waals surface area contributed by atoms with Gasteiger partial charge in [-0.25, -0.2) is 0 Å². The van der Waals surface area contributed by atoms with Gasteiger partial charge in [-0.3, -0.25) is 0 Å². The van der Waals surface area contributed by atoms with Crippen LogP contribution < -0.4 is 0 Å². The molecule has 0 heterocycles. The molecule has 0 saturated heterocycles. The predicted octanol–water partition coefficient (Wildman–Crippen LogP) is 4.84. The fraction of sp³-hybridized carbons (Fsp3) is 0.333. The van der Waals surface area contributed by atoms with Crippen molar-refractivity contribution in [2.75, 3.05) is 0 Å². The molecule has 1 unspecified atom stereocenters. The SMILES string of the molecule is CC(C=C(C(F)(F)F)C(F)(F)F)c1ccccc1. The highest BCUT2D eigenvalue weighted by Crippen LogP contribution is 2.40. The molecule has 0 nitrogen and oxygen atoms in total. The highest BCUT2D eigenvalue weighted by atomic mass is 19.4. The van der Waals surface area contributed by atoms with E-state index >= 15 is 0 Å². The van der Waals surface area contributed by atoms with Gasteiger partial charge in [-0.05, 0) is 11.5 Å². The summed E-state index contributed by atoms with van der Waals surface area (Å²) in [6, 6.07) is 7.70. The Bertz CT molecular complexity index is 396. The average Bonchev–Trinajstić information content (AvgIpc) is 2.23. The van der Waals surface area contributed by atoms with Crippen molar-refractivity contribution in [1.82, 2.24) is 0 Å². The predicted molar refractivity (Wildman–Crippen MR) is 55.1 cm³/mol. The Labute approximate surface area is 99.9 Å². The van der Waals surface area contributed by atoms with E-state index in [9.17, 15) is 26.3 Å². The molecule has 1 rings (SSSR count). The van der Waals surface area contributed by atoms with Gasteiger partial charge in [0.15, 0.2) is 0 Å². The Hall–Kier alpha value is -1.46. The van der Waals surface area contributed by atoms with Crippen molar-refractivity contribution in [3.63, 3.8) is 0 Å². The van der Waals surface area contributed by atoms with Gasteiger partial charge in [0.05, 0.1) is 0 Å². The van der Waals surface area contributed by atoms with Gasteiger partial charge in [-0.2, -0.15) is 26.3 Å². The standard InChI is InChI=1S/C12H10F6/c1-8(9-5-3-2-4-6-9)7-10(11(13,14)15)12(16,17)18/h2-8H,1H3. The molecule has 0 saturated carbocycles. The van der Waals surface area contributed by atoms with Crippen LogP contribution in [0.3, 0.4) is 0 Å². The topological polar surface area (TPSA) is 0 Å². The van der Waals surface area contributed by atoms with Crippen molar-refractivity contribution in [2.45, 2.75) is 25.2 Å². The van der Waals surface area contributed by atoms with E-state index < -0.39 is 23.8 Å². The van der Waals surface area contributed by atoms with E-state index in [1.807, 2.05) is 0 Å². The third kappa shape index (κ3) is 3.78. The molecular formula is C12H10F6. The Morgan fingerprint density at radius 2 is 1.39 bits per heavy atom. The Balaban J connectivity index is 3.11. The molecule has 6 heteroatoms. The number of halogens is 6. The minimum Gasteiger partial charge on any atom is -0.166 e. The van der Waals surface area contributed by atoms with Crippen LogP contribution in [0.5, 0.6) is 0 Å². The van der Waals surface area contributed by atoms with Crippen molar-refractivity contribution in [3.05, 3.63) is 47.5 Å². The normalized spacial score (nSPS) is 14.2. The fourth-order valence-corrected chi connectivity index (χ4v) is 1.45. The second-order valence-corrected chi connectivity index (χ2v) is 3.78. The lowest BCUT2D eigenvalue weighted by Crippen LogP contribution is -2.26. The van der Waals surface area contributed by atoms with Crippen molar-refractivity contribution >= 4 is 0 Å². The molecule has 100 valence electrons. The zero-order chi connectivity index (χ0) is 14.0. The maximum absolute atomic E-state index is 12.3. The third-order valence-electron chi connectivity index (χ3n) is 2.35. The van der Waals surface area contributed by atoms with Gasteiger partial charge < -0.3 is 0 Å². The molecule has 0 bridgehead atoms. The van der Waals surface area contributed by atoms with Gasteiger partial charge in [0.1, 0.15) is 5.57 Å². The van der Waals surface area contributed by atoms with Crippen molar-refractivity contribution in [1.29, 1.82) is 0 Å². The first kappa shape index (κ1) is 14.6. The molecule has 1 aromatic carbocycles. The van der Waals surface area contributed by atoms with E-state index in [0.717, 1.165) is 0 Å². The highest BCUT2D eigenvalue weighted by Gasteiger charge is 2.50. The van der Waals surface area contributed by atoms with E-state index in [2.05, 4.69) is 0 Å². The van der Waals surface area contributed by atoms with Crippen LogP contribution in [0.1, 0.15) is 18.4 Å². The van der Waals surface area contributed by atoms with Gasteiger partial charge in [0.25, 0.3) is 0 Å². The molecular weight excluding hydrogens is 258 g/mol.